The van der Waals surface area contributed by atoms with Crippen LogP contribution < -0.4 is 5.73 Å². The Hall–Kier alpha value is -2.30. The molecule has 0 saturated heterocycles. The lowest BCUT2D eigenvalue weighted by Gasteiger charge is -1.98. The van der Waals surface area contributed by atoms with Crippen molar-refractivity contribution in [3.63, 3.8) is 0 Å². The van der Waals surface area contributed by atoms with E-state index < -0.39 is 0 Å². The first kappa shape index (κ1) is 9.89. The molecule has 86 valence electrons. The molecule has 2 aromatic heterocycles. The summed E-state index contributed by atoms with van der Waals surface area (Å²) in [5.74, 6) is 0.139. The van der Waals surface area contributed by atoms with Crippen molar-refractivity contribution >= 4 is 16.7 Å². The van der Waals surface area contributed by atoms with Crippen molar-refractivity contribution in [2.24, 2.45) is 0 Å². The van der Waals surface area contributed by atoms with Crippen LogP contribution in [0.25, 0.3) is 22.2 Å². The number of H-pyrrole nitrogens is 2. The molecule has 0 radical (unpaired) electrons. The second kappa shape index (κ2) is 3.35. The molecule has 0 atom stereocenters. The summed E-state index contributed by atoms with van der Waals surface area (Å²) in [5, 5.41) is 7.24. The molecule has 4 nitrogen and oxygen atoms in total. The third kappa shape index (κ3) is 1.39. The highest BCUT2D eigenvalue weighted by molar-refractivity contribution is 5.97. The summed E-state index contributed by atoms with van der Waals surface area (Å²) < 4.78 is 13.9. The molecular weight excluding hydrogens is 219 g/mol. The number of halogens is 1. The Morgan fingerprint density at radius 1 is 1.35 bits per heavy atom. The van der Waals surface area contributed by atoms with E-state index in [4.69, 9.17) is 5.73 Å². The number of aryl methyl sites for hydroxylation is 1. The van der Waals surface area contributed by atoms with Gasteiger partial charge >= 0.3 is 0 Å². The number of rotatable bonds is 1. The lowest BCUT2D eigenvalue weighted by atomic mass is 10.1. The lowest BCUT2D eigenvalue weighted by molar-refractivity contribution is 0.640. The third-order valence-corrected chi connectivity index (χ3v) is 2.83. The third-order valence-electron chi connectivity index (χ3n) is 2.83. The van der Waals surface area contributed by atoms with Crippen molar-refractivity contribution in [3.8, 4) is 11.3 Å². The maximum absolute atomic E-state index is 13.9. The zero-order valence-electron chi connectivity index (χ0n) is 9.21. The molecule has 0 aliphatic heterocycles. The van der Waals surface area contributed by atoms with Gasteiger partial charge in [-0.2, -0.15) is 5.10 Å². The number of nitrogens with one attached hydrogen (secondary N) is 2. The topological polar surface area (TPSA) is 70.5 Å². The number of nitrogens with two attached hydrogens (primary N) is 1. The molecule has 4 N–H and O–H groups in total. The van der Waals surface area contributed by atoms with Crippen molar-refractivity contribution in [3.05, 3.63) is 35.8 Å². The molecule has 0 aliphatic carbocycles. The van der Waals surface area contributed by atoms with Crippen LogP contribution in [0.2, 0.25) is 0 Å². The number of anilines is 1. The Balaban J connectivity index is 2.39. The summed E-state index contributed by atoms with van der Waals surface area (Å²) in [6.07, 6.45) is 0. The summed E-state index contributed by atoms with van der Waals surface area (Å²) in [6.45, 7) is 1.89. The quantitative estimate of drug-likeness (QED) is 0.601. The van der Waals surface area contributed by atoms with Gasteiger partial charge in [-0.25, -0.2) is 4.39 Å². The first-order valence-corrected chi connectivity index (χ1v) is 5.25. The van der Waals surface area contributed by atoms with Crippen LogP contribution in [0.3, 0.4) is 0 Å². The molecule has 3 aromatic rings. The van der Waals surface area contributed by atoms with Gasteiger partial charge < -0.3 is 10.7 Å². The molecule has 0 bridgehead atoms. The fraction of sp³-hybridized carbons (Fsp3) is 0.0833. The van der Waals surface area contributed by atoms with Gasteiger partial charge in [-0.15, -0.1) is 0 Å². The number of nitrogens with zero attached hydrogens (tertiary/aromatic N) is 1. The van der Waals surface area contributed by atoms with Crippen LogP contribution in [0, 0.1) is 12.7 Å². The maximum atomic E-state index is 13.9. The lowest BCUT2D eigenvalue weighted by Crippen LogP contribution is -1.82. The van der Waals surface area contributed by atoms with Crippen molar-refractivity contribution in [1.82, 2.24) is 15.2 Å². The summed E-state index contributed by atoms with van der Waals surface area (Å²) in [7, 11) is 0. The number of fused-ring (bicyclic) bond motifs is 1. The summed E-state index contributed by atoms with van der Waals surface area (Å²) >= 11 is 0. The molecule has 5 heteroatoms. The van der Waals surface area contributed by atoms with Crippen LogP contribution in [0.1, 0.15) is 5.69 Å². The van der Waals surface area contributed by atoms with E-state index in [-0.39, 0.29) is 5.82 Å². The molecular formula is C12H11FN4. The minimum Gasteiger partial charge on any atom is -0.382 e. The molecule has 17 heavy (non-hydrogen) atoms. The number of benzene rings is 1. The predicted molar refractivity (Wildman–Crippen MR) is 65.0 cm³/mol. The maximum Gasteiger partial charge on any atom is 0.145 e. The van der Waals surface area contributed by atoms with Gasteiger partial charge in [0.05, 0.1) is 5.69 Å². The van der Waals surface area contributed by atoms with E-state index in [0.29, 0.717) is 11.2 Å². The number of nitrogen functional groups attached to an aromatic ring is 1. The molecule has 0 unspecified atom stereocenters. The van der Waals surface area contributed by atoms with Gasteiger partial charge in [-0.3, -0.25) is 5.10 Å². The SMILES string of the molecule is Cc1[nH]c2cccc(F)c2c1-c1cc(N)n[nH]1. The zero-order chi connectivity index (χ0) is 12.0. The molecule has 2 heterocycles. The van der Waals surface area contributed by atoms with E-state index in [1.54, 1.807) is 12.1 Å². The van der Waals surface area contributed by atoms with Crippen LogP contribution in [0.5, 0.6) is 0 Å². The smallest absolute Gasteiger partial charge is 0.145 e. The summed E-state index contributed by atoms with van der Waals surface area (Å²) in [5.41, 5.74) is 8.72. The highest BCUT2D eigenvalue weighted by atomic mass is 19.1. The molecule has 0 saturated carbocycles. The van der Waals surface area contributed by atoms with Gasteiger partial charge in [0.1, 0.15) is 11.6 Å². The Kier molecular flexibility index (Phi) is 1.95. The van der Waals surface area contributed by atoms with Crippen molar-refractivity contribution in [2.45, 2.75) is 6.92 Å². The molecule has 0 aliphatic rings. The summed E-state index contributed by atoms with van der Waals surface area (Å²) in [4.78, 5) is 3.15. The minimum absolute atomic E-state index is 0.255. The fourth-order valence-corrected chi connectivity index (χ4v) is 2.14. The highest BCUT2D eigenvalue weighted by Crippen LogP contribution is 2.33. The van der Waals surface area contributed by atoms with Crippen molar-refractivity contribution in [1.29, 1.82) is 0 Å². The normalized spacial score (nSPS) is 11.2. The van der Waals surface area contributed by atoms with Crippen LogP contribution in [0.4, 0.5) is 10.2 Å². The first-order valence-electron chi connectivity index (χ1n) is 5.25. The highest BCUT2D eigenvalue weighted by Gasteiger charge is 2.15. The van der Waals surface area contributed by atoms with Gasteiger partial charge in [0.15, 0.2) is 0 Å². The number of hydrogen-bond donors (Lipinski definition) is 3. The average Bonchev–Trinajstić information content (AvgIpc) is 2.82. The number of hydrogen-bond acceptors (Lipinski definition) is 2. The Morgan fingerprint density at radius 3 is 2.88 bits per heavy atom. The van der Waals surface area contributed by atoms with Gasteiger partial charge in [-0.1, -0.05) is 6.07 Å². The predicted octanol–water partition coefficient (Wildman–Crippen LogP) is 2.59. The molecule has 1 aromatic carbocycles. The Labute approximate surface area is 96.6 Å². The number of aromatic amines is 2. The van der Waals surface area contributed by atoms with E-state index in [0.717, 1.165) is 22.5 Å². The van der Waals surface area contributed by atoms with Crippen LogP contribution in [-0.2, 0) is 0 Å². The minimum atomic E-state index is -0.255. The van der Waals surface area contributed by atoms with Crippen molar-refractivity contribution in [2.75, 3.05) is 5.73 Å². The van der Waals surface area contributed by atoms with Gasteiger partial charge in [-0.05, 0) is 19.1 Å². The van der Waals surface area contributed by atoms with Gasteiger partial charge in [0.25, 0.3) is 0 Å². The van der Waals surface area contributed by atoms with E-state index in [9.17, 15) is 4.39 Å². The van der Waals surface area contributed by atoms with Gasteiger partial charge in [0, 0.05) is 28.2 Å². The first-order chi connectivity index (χ1) is 8.16. The van der Waals surface area contributed by atoms with Crippen LogP contribution in [0.15, 0.2) is 24.3 Å². The van der Waals surface area contributed by atoms with Crippen LogP contribution >= 0.6 is 0 Å². The largest absolute Gasteiger partial charge is 0.382 e. The van der Waals surface area contributed by atoms with E-state index in [1.165, 1.54) is 6.07 Å². The molecule has 0 amide bonds. The van der Waals surface area contributed by atoms with Crippen LogP contribution in [-0.4, -0.2) is 15.2 Å². The van der Waals surface area contributed by atoms with E-state index in [1.807, 2.05) is 13.0 Å². The van der Waals surface area contributed by atoms with E-state index >= 15 is 0 Å². The average molecular weight is 230 g/mol. The summed E-state index contributed by atoms with van der Waals surface area (Å²) in [6, 6.07) is 6.66. The fourth-order valence-electron chi connectivity index (χ4n) is 2.14. The monoisotopic (exact) mass is 230 g/mol. The second-order valence-electron chi connectivity index (χ2n) is 3.99. The van der Waals surface area contributed by atoms with E-state index in [2.05, 4.69) is 15.2 Å². The molecule has 3 rings (SSSR count). The zero-order valence-corrected chi connectivity index (χ0v) is 9.21. The van der Waals surface area contributed by atoms with Gasteiger partial charge in [0.2, 0.25) is 0 Å². The molecule has 0 fully saturated rings. The second-order valence-corrected chi connectivity index (χ2v) is 3.99. The Bertz CT molecular complexity index is 696. The standard InChI is InChI=1S/C12H11FN4/c1-6-11(9-5-10(14)17-16-9)12-7(13)3-2-4-8(12)15-6/h2-5,15H,1H3,(H3,14,16,17). The Morgan fingerprint density at radius 2 is 2.18 bits per heavy atom. The number of aromatic nitrogens is 3. The molecule has 0 spiro atoms. The van der Waals surface area contributed by atoms with Crippen molar-refractivity contribution < 1.29 is 4.39 Å².